The summed E-state index contributed by atoms with van der Waals surface area (Å²) in [6.07, 6.45) is 3.99. The number of carbonyl (C=O) groups excluding carboxylic acids is 2. The molecule has 7 nitrogen and oxygen atoms in total. The molecule has 0 aliphatic rings. The fourth-order valence-electron chi connectivity index (χ4n) is 2.16. The van der Waals surface area contributed by atoms with Crippen LogP contribution in [0.25, 0.3) is 0 Å². The Morgan fingerprint density at radius 1 is 1.04 bits per heavy atom. The van der Waals surface area contributed by atoms with Crippen LogP contribution in [0.3, 0.4) is 0 Å². The molecule has 0 fully saturated rings. The Balaban J connectivity index is 1.88. The van der Waals surface area contributed by atoms with Gasteiger partial charge in [-0.25, -0.2) is 0 Å². The number of aromatic nitrogens is 2. The van der Waals surface area contributed by atoms with Gasteiger partial charge in [-0.05, 0) is 51.3 Å². The van der Waals surface area contributed by atoms with Gasteiger partial charge in [-0.1, -0.05) is 6.07 Å². The molecule has 0 aliphatic carbocycles. The van der Waals surface area contributed by atoms with Gasteiger partial charge in [0, 0.05) is 24.5 Å². The van der Waals surface area contributed by atoms with Gasteiger partial charge in [0.25, 0.3) is 11.8 Å². The van der Waals surface area contributed by atoms with E-state index in [0.29, 0.717) is 18.7 Å². The monoisotopic (exact) mass is 341 g/mol. The van der Waals surface area contributed by atoms with E-state index in [2.05, 4.69) is 25.5 Å². The minimum Gasteiger partial charge on any atom is -0.352 e. The average molecular weight is 341 g/mol. The lowest BCUT2D eigenvalue weighted by molar-refractivity contribution is 0.0945. The maximum absolute atomic E-state index is 12.2. The highest BCUT2D eigenvalue weighted by molar-refractivity contribution is 5.98. The predicted octanol–water partition coefficient (Wildman–Crippen LogP) is 1.09. The Morgan fingerprint density at radius 2 is 1.88 bits per heavy atom. The number of carbonyl (C=O) groups is 2. The number of nitrogens with one attached hydrogen (secondary N) is 2. The van der Waals surface area contributed by atoms with Crippen molar-refractivity contribution >= 4 is 11.8 Å². The molecule has 0 saturated carbocycles. The Hall–Kier alpha value is -2.80. The lowest BCUT2D eigenvalue weighted by Crippen LogP contribution is -2.28. The molecule has 2 rings (SSSR count). The normalized spacial score (nSPS) is 10.5. The maximum Gasteiger partial charge on any atom is 0.270 e. The summed E-state index contributed by atoms with van der Waals surface area (Å²) in [5.74, 6) is -0.548. The Bertz CT molecular complexity index is 704. The summed E-state index contributed by atoms with van der Waals surface area (Å²) >= 11 is 0. The SMILES string of the molecule is CN(C)CCCNC(=O)c1ccnc(C(=O)NCc2ccccn2)c1. The van der Waals surface area contributed by atoms with Crippen molar-refractivity contribution in [2.75, 3.05) is 27.2 Å². The highest BCUT2D eigenvalue weighted by atomic mass is 16.2. The fraction of sp³-hybridized carbons (Fsp3) is 0.333. The van der Waals surface area contributed by atoms with Crippen molar-refractivity contribution in [1.82, 2.24) is 25.5 Å². The van der Waals surface area contributed by atoms with Crippen LogP contribution in [0.4, 0.5) is 0 Å². The molecule has 132 valence electrons. The lowest BCUT2D eigenvalue weighted by Gasteiger charge is -2.10. The van der Waals surface area contributed by atoms with E-state index in [1.165, 1.54) is 12.3 Å². The van der Waals surface area contributed by atoms with Gasteiger partial charge in [0.15, 0.2) is 0 Å². The molecule has 0 bridgehead atoms. The van der Waals surface area contributed by atoms with Crippen molar-refractivity contribution < 1.29 is 9.59 Å². The highest BCUT2D eigenvalue weighted by Crippen LogP contribution is 2.03. The van der Waals surface area contributed by atoms with Gasteiger partial charge in [0.2, 0.25) is 0 Å². The van der Waals surface area contributed by atoms with Gasteiger partial charge in [-0.15, -0.1) is 0 Å². The molecule has 0 radical (unpaired) electrons. The zero-order chi connectivity index (χ0) is 18.1. The zero-order valence-corrected chi connectivity index (χ0v) is 14.5. The van der Waals surface area contributed by atoms with Crippen molar-refractivity contribution in [3.63, 3.8) is 0 Å². The zero-order valence-electron chi connectivity index (χ0n) is 14.5. The first-order valence-corrected chi connectivity index (χ1v) is 8.13. The number of rotatable bonds is 8. The second-order valence-electron chi connectivity index (χ2n) is 5.85. The predicted molar refractivity (Wildman–Crippen MR) is 95.1 cm³/mol. The summed E-state index contributed by atoms with van der Waals surface area (Å²) < 4.78 is 0. The smallest absolute Gasteiger partial charge is 0.270 e. The second kappa shape index (κ2) is 9.48. The summed E-state index contributed by atoms with van der Waals surface area (Å²) in [5.41, 5.74) is 1.38. The summed E-state index contributed by atoms with van der Waals surface area (Å²) in [7, 11) is 3.97. The van der Waals surface area contributed by atoms with Crippen molar-refractivity contribution in [2.24, 2.45) is 0 Å². The summed E-state index contributed by atoms with van der Waals surface area (Å²) in [6.45, 7) is 1.79. The molecule has 2 aromatic heterocycles. The van der Waals surface area contributed by atoms with E-state index in [1.54, 1.807) is 12.3 Å². The van der Waals surface area contributed by atoms with Gasteiger partial charge in [0.05, 0.1) is 12.2 Å². The van der Waals surface area contributed by atoms with Crippen LogP contribution in [-0.2, 0) is 6.54 Å². The van der Waals surface area contributed by atoms with Crippen LogP contribution in [-0.4, -0.2) is 53.9 Å². The van der Waals surface area contributed by atoms with E-state index in [4.69, 9.17) is 0 Å². The molecule has 0 aromatic carbocycles. The molecule has 25 heavy (non-hydrogen) atoms. The molecule has 0 saturated heterocycles. The van der Waals surface area contributed by atoms with Gasteiger partial charge in [0.1, 0.15) is 5.69 Å². The van der Waals surface area contributed by atoms with Crippen LogP contribution in [0.5, 0.6) is 0 Å². The standard InChI is InChI=1S/C18H23N5O2/c1-23(2)11-5-9-21-17(24)14-7-10-20-16(12-14)18(25)22-13-15-6-3-4-8-19-15/h3-4,6-8,10,12H,5,9,11,13H2,1-2H3,(H,21,24)(H,22,25). The van der Waals surface area contributed by atoms with Crippen molar-refractivity contribution in [2.45, 2.75) is 13.0 Å². The first-order valence-electron chi connectivity index (χ1n) is 8.13. The Kier molecular flexibility index (Phi) is 7.03. The van der Waals surface area contributed by atoms with E-state index in [9.17, 15) is 9.59 Å². The second-order valence-corrected chi connectivity index (χ2v) is 5.85. The average Bonchev–Trinajstić information content (AvgIpc) is 2.64. The largest absolute Gasteiger partial charge is 0.352 e. The number of nitrogens with zero attached hydrogens (tertiary/aromatic N) is 3. The van der Waals surface area contributed by atoms with E-state index in [-0.39, 0.29) is 17.5 Å². The van der Waals surface area contributed by atoms with Crippen molar-refractivity contribution in [3.8, 4) is 0 Å². The van der Waals surface area contributed by atoms with Gasteiger partial charge in [-0.3, -0.25) is 19.6 Å². The quantitative estimate of drug-likeness (QED) is 0.702. The number of pyridine rings is 2. The van der Waals surface area contributed by atoms with E-state index < -0.39 is 0 Å². The molecule has 2 aromatic rings. The summed E-state index contributed by atoms with van der Waals surface area (Å²) in [4.78, 5) is 34.6. The summed E-state index contributed by atoms with van der Waals surface area (Å²) in [6, 6.07) is 8.58. The molecule has 0 spiro atoms. The van der Waals surface area contributed by atoms with Crippen LogP contribution < -0.4 is 10.6 Å². The van der Waals surface area contributed by atoms with Crippen LogP contribution in [0.15, 0.2) is 42.7 Å². The molecule has 0 unspecified atom stereocenters. The third kappa shape index (κ3) is 6.31. The van der Waals surface area contributed by atoms with Gasteiger partial charge in [-0.2, -0.15) is 0 Å². The van der Waals surface area contributed by atoms with Crippen molar-refractivity contribution in [3.05, 3.63) is 59.7 Å². The van der Waals surface area contributed by atoms with Crippen LogP contribution in [0, 0.1) is 0 Å². The number of hydrogen-bond donors (Lipinski definition) is 2. The molecular formula is C18H23N5O2. The Morgan fingerprint density at radius 3 is 2.60 bits per heavy atom. The summed E-state index contributed by atoms with van der Waals surface area (Å²) in [5, 5.41) is 5.59. The van der Waals surface area contributed by atoms with Gasteiger partial charge < -0.3 is 15.5 Å². The third-order valence-corrected chi connectivity index (χ3v) is 3.48. The molecular weight excluding hydrogens is 318 g/mol. The molecule has 0 atom stereocenters. The van der Waals surface area contributed by atoms with Crippen LogP contribution in [0.2, 0.25) is 0 Å². The fourth-order valence-corrected chi connectivity index (χ4v) is 2.16. The Labute approximate surface area is 147 Å². The highest BCUT2D eigenvalue weighted by Gasteiger charge is 2.11. The third-order valence-electron chi connectivity index (χ3n) is 3.48. The van der Waals surface area contributed by atoms with E-state index >= 15 is 0 Å². The van der Waals surface area contributed by atoms with E-state index in [1.807, 2.05) is 32.3 Å². The first kappa shape index (κ1) is 18.5. The molecule has 2 heterocycles. The molecule has 2 amide bonds. The first-order chi connectivity index (χ1) is 12.1. The van der Waals surface area contributed by atoms with E-state index in [0.717, 1.165) is 18.7 Å². The number of amides is 2. The molecule has 7 heteroatoms. The van der Waals surface area contributed by atoms with Crippen LogP contribution >= 0.6 is 0 Å². The minimum absolute atomic E-state index is 0.205. The maximum atomic E-state index is 12.2. The lowest BCUT2D eigenvalue weighted by atomic mass is 10.2. The molecule has 2 N–H and O–H groups in total. The van der Waals surface area contributed by atoms with Gasteiger partial charge >= 0.3 is 0 Å². The number of hydrogen-bond acceptors (Lipinski definition) is 5. The minimum atomic E-state index is -0.340. The molecule has 0 aliphatic heterocycles. The topological polar surface area (TPSA) is 87.2 Å². The van der Waals surface area contributed by atoms with Crippen molar-refractivity contribution in [1.29, 1.82) is 0 Å². The van der Waals surface area contributed by atoms with Crippen LogP contribution in [0.1, 0.15) is 33.0 Å².